The summed E-state index contributed by atoms with van der Waals surface area (Å²) < 4.78 is 0. The van der Waals surface area contributed by atoms with E-state index in [1.807, 2.05) is 6.08 Å². The molecule has 4 unspecified atom stereocenters. The number of rotatable bonds is 5. The van der Waals surface area contributed by atoms with Gasteiger partial charge in [0.25, 0.3) is 0 Å². The number of hydrogen-bond acceptors (Lipinski definition) is 1. The predicted molar refractivity (Wildman–Crippen MR) is 72.5 cm³/mol. The van der Waals surface area contributed by atoms with Crippen molar-refractivity contribution >= 4 is 0 Å². The molecular weight excluding hydrogens is 194 g/mol. The minimum atomic E-state index is 0.578. The first-order valence-electron chi connectivity index (χ1n) is 6.91. The maximum absolute atomic E-state index is 3.82. The number of hydrogen-bond donors (Lipinski definition) is 1. The van der Waals surface area contributed by atoms with Crippen LogP contribution in [0.15, 0.2) is 12.7 Å². The molecule has 4 atom stereocenters. The lowest BCUT2D eigenvalue weighted by Crippen LogP contribution is -2.46. The SMILES string of the molecule is C=CCC(C)NC1CC(C)CCC1C(C)C. The molecule has 0 spiro atoms. The summed E-state index contributed by atoms with van der Waals surface area (Å²) in [7, 11) is 0. The van der Waals surface area contributed by atoms with Crippen molar-refractivity contribution in [2.45, 2.75) is 65.5 Å². The third-order valence-electron chi connectivity index (χ3n) is 4.04. The van der Waals surface area contributed by atoms with Crippen LogP contribution in [0.4, 0.5) is 0 Å². The van der Waals surface area contributed by atoms with Crippen molar-refractivity contribution in [3.05, 3.63) is 12.7 Å². The Balaban J connectivity index is 2.53. The van der Waals surface area contributed by atoms with Crippen LogP contribution in [0.25, 0.3) is 0 Å². The van der Waals surface area contributed by atoms with E-state index in [9.17, 15) is 0 Å². The molecule has 1 saturated carbocycles. The zero-order valence-corrected chi connectivity index (χ0v) is 11.5. The van der Waals surface area contributed by atoms with Gasteiger partial charge in [-0.3, -0.25) is 0 Å². The first-order valence-corrected chi connectivity index (χ1v) is 6.91. The molecule has 1 nitrogen and oxygen atoms in total. The Morgan fingerprint density at radius 1 is 1.31 bits per heavy atom. The molecule has 1 heteroatoms. The Kier molecular flexibility index (Phi) is 5.54. The van der Waals surface area contributed by atoms with E-state index in [-0.39, 0.29) is 0 Å². The quantitative estimate of drug-likeness (QED) is 0.695. The summed E-state index contributed by atoms with van der Waals surface area (Å²) in [6.07, 6.45) is 7.27. The zero-order chi connectivity index (χ0) is 12.1. The molecule has 1 fully saturated rings. The van der Waals surface area contributed by atoms with Crippen molar-refractivity contribution in [1.29, 1.82) is 0 Å². The van der Waals surface area contributed by atoms with Crippen LogP contribution < -0.4 is 5.32 Å². The minimum absolute atomic E-state index is 0.578. The van der Waals surface area contributed by atoms with Crippen LogP contribution in [-0.4, -0.2) is 12.1 Å². The van der Waals surface area contributed by atoms with E-state index in [0.717, 1.165) is 30.2 Å². The average Bonchev–Trinajstić information content (AvgIpc) is 2.17. The summed E-state index contributed by atoms with van der Waals surface area (Å²) in [6, 6.07) is 1.30. The van der Waals surface area contributed by atoms with Gasteiger partial charge in [-0.15, -0.1) is 6.58 Å². The van der Waals surface area contributed by atoms with Gasteiger partial charge in [-0.05, 0) is 43.9 Å². The molecule has 1 aliphatic rings. The molecule has 94 valence electrons. The fourth-order valence-electron chi connectivity index (χ4n) is 3.08. The van der Waals surface area contributed by atoms with E-state index < -0.39 is 0 Å². The molecule has 0 saturated heterocycles. The molecule has 16 heavy (non-hydrogen) atoms. The maximum atomic E-state index is 3.82. The van der Waals surface area contributed by atoms with Crippen LogP contribution in [0.1, 0.15) is 53.4 Å². The second-order valence-electron chi connectivity index (χ2n) is 6.02. The van der Waals surface area contributed by atoms with Gasteiger partial charge in [0.05, 0.1) is 0 Å². The first kappa shape index (κ1) is 13.8. The summed E-state index contributed by atoms with van der Waals surface area (Å²) in [5.74, 6) is 2.56. The Morgan fingerprint density at radius 2 is 2.00 bits per heavy atom. The summed E-state index contributed by atoms with van der Waals surface area (Å²) in [6.45, 7) is 13.2. The molecular formula is C15H29N. The Hall–Kier alpha value is -0.300. The Bertz CT molecular complexity index is 209. The molecule has 1 aliphatic carbocycles. The molecule has 1 rings (SSSR count). The fourth-order valence-corrected chi connectivity index (χ4v) is 3.08. The van der Waals surface area contributed by atoms with Gasteiger partial charge < -0.3 is 5.32 Å². The molecule has 0 aromatic rings. The van der Waals surface area contributed by atoms with Gasteiger partial charge >= 0.3 is 0 Å². The van der Waals surface area contributed by atoms with E-state index >= 15 is 0 Å². The smallest absolute Gasteiger partial charge is 0.0103 e. The van der Waals surface area contributed by atoms with Crippen LogP contribution in [0.3, 0.4) is 0 Å². The van der Waals surface area contributed by atoms with Crippen LogP contribution in [0.5, 0.6) is 0 Å². The second-order valence-corrected chi connectivity index (χ2v) is 6.02. The van der Waals surface area contributed by atoms with Crippen molar-refractivity contribution in [1.82, 2.24) is 5.32 Å². The molecule has 0 radical (unpaired) electrons. The average molecular weight is 223 g/mol. The third-order valence-corrected chi connectivity index (χ3v) is 4.04. The lowest BCUT2D eigenvalue weighted by atomic mass is 9.74. The van der Waals surface area contributed by atoms with Gasteiger partial charge in [0, 0.05) is 12.1 Å². The minimum Gasteiger partial charge on any atom is -0.311 e. The monoisotopic (exact) mass is 223 g/mol. The highest BCUT2D eigenvalue weighted by Crippen LogP contribution is 2.33. The van der Waals surface area contributed by atoms with E-state index in [1.165, 1.54) is 19.3 Å². The zero-order valence-electron chi connectivity index (χ0n) is 11.5. The molecule has 0 heterocycles. The summed E-state index contributed by atoms with van der Waals surface area (Å²) in [4.78, 5) is 0. The highest BCUT2D eigenvalue weighted by atomic mass is 15.0. The highest BCUT2D eigenvalue weighted by molar-refractivity contribution is 4.88. The van der Waals surface area contributed by atoms with Crippen molar-refractivity contribution in [3.63, 3.8) is 0 Å². The lowest BCUT2D eigenvalue weighted by Gasteiger charge is -2.39. The van der Waals surface area contributed by atoms with Crippen molar-refractivity contribution in [2.24, 2.45) is 17.8 Å². The van der Waals surface area contributed by atoms with Gasteiger partial charge in [0.2, 0.25) is 0 Å². The molecule has 0 bridgehead atoms. The van der Waals surface area contributed by atoms with E-state index in [1.54, 1.807) is 0 Å². The summed E-state index contributed by atoms with van der Waals surface area (Å²) in [5.41, 5.74) is 0. The fraction of sp³-hybridized carbons (Fsp3) is 0.867. The Labute approximate surface area is 102 Å². The largest absolute Gasteiger partial charge is 0.311 e. The van der Waals surface area contributed by atoms with Gasteiger partial charge in [-0.25, -0.2) is 0 Å². The van der Waals surface area contributed by atoms with E-state index in [0.29, 0.717) is 6.04 Å². The summed E-state index contributed by atoms with van der Waals surface area (Å²) in [5, 5.41) is 3.81. The molecule has 1 N–H and O–H groups in total. The van der Waals surface area contributed by atoms with Crippen LogP contribution in [0, 0.1) is 17.8 Å². The molecule has 0 aromatic heterocycles. The Morgan fingerprint density at radius 3 is 2.56 bits per heavy atom. The molecule has 0 aliphatic heterocycles. The number of nitrogens with one attached hydrogen (secondary N) is 1. The van der Waals surface area contributed by atoms with Crippen LogP contribution in [0.2, 0.25) is 0 Å². The van der Waals surface area contributed by atoms with Gasteiger partial charge in [0.15, 0.2) is 0 Å². The predicted octanol–water partition coefficient (Wildman–Crippen LogP) is 4.00. The van der Waals surface area contributed by atoms with Crippen molar-refractivity contribution in [2.75, 3.05) is 0 Å². The second kappa shape index (κ2) is 6.44. The van der Waals surface area contributed by atoms with Crippen LogP contribution in [-0.2, 0) is 0 Å². The van der Waals surface area contributed by atoms with Gasteiger partial charge in [0.1, 0.15) is 0 Å². The lowest BCUT2D eigenvalue weighted by molar-refractivity contribution is 0.161. The normalized spacial score (nSPS) is 32.7. The van der Waals surface area contributed by atoms with Crippen molar-refractivity contribution in [3.8, 4) is 0 Å². The topological polar surface area (TPSA) is 12.0 Å². The third kappa shape index (κ3) is 3.93. The molecule has 0 amide bonds. The maximum Gasteiger partial charge on any atom is 0.0103 e. The van der Waals surface area contributed by atoms with Crippen LogP contribution >= 0.6 is 0 Å². The van der Waals surface area contributed by atoms with Gasteiger partial charge in [-0.1, -0.05) is 33.3 Å². The highest BCUT2D eigenvalue weighted by Gasteiger charge is 2.30. The molecule has 0 aromatic carbocycles. The van der Waals surface area contributed by atoms with E-state index in [2.05, 4.69) is 39.6 Å². The standard InChI is InChI=1S/C15H29N/c1-6-7-13(5)16-15-10-12(4)8-9-14(15)11(2)3/h6,11-16H,1,7-10H2,2-5H3. The van der Waals surface area contributed by atoms with Crippen molar-refractivity contribution < 1.29 is 0 Å². The first-order chi connectivity index (χ1) is 7.54. The van der Waals surface area contributed by atoms with E-state index in [4.69, 9.17) is 0 Å². The summed E-state index contributed by atoms with van der Waals surface area (Å²) >= 11 is 0. The van der Waals surface area contributed by atoms with Gasteiger partial charge in [-0.2, -0.15) is 0 Å².